The second-order valence-electron chi connectivity index (χ2n) is 9.36. The predicted octanol–water partition coefficient (Wildman–Crippen LogP) is 3.58. The molecule has 5 aromatic rings. The first-order valence-corrected chi connectivity index (χ1v) is 12.8. The SMILES string of the molecule is COC(=O)[C@H](Cc1ccc(B(O)O)c2ncccc12)NC(c1ccccc1)(c1ccccc1)c1ccccc1. The van der Waals surface area contributed by atoms with Gasteiger partial charge in [-0.05, 0) is 34.7 Å². The van der Waals surface area contributed by atoms with E-state index in [2.05, 4.69) is 46.7 Å². The summed E-state index contributed by atoms with van der Waals surface area (Å²) in [5.41, 5.74) is 3.66. The summed E-state index contributed by atoms with van der Waals surface area (Å²) in [6.45, 7) is 0. The zero-order valence-electron chi connectivity index (χ0n) is 21.6. The van der Waals surface area contributed by atoms with Gasteiger partial charge in [0.25, 0.3) is 0 Å². The second kappa shape index (κ2) is 11.6. The predicted molar refractivity (Wildman–Crippen MR) is 153 cm³/mol. The van der Waals surface area contributed by atoms with E-state index in [1.165, 1.54) is 7.11 Å². The first-order valence-electron chi connectivity index (χ1n) is 12.8. The fourth-order valence-corrected chi connectivity index (χ4v) is 5.27. The number of esters is 1. The highest BCUT2D eigenvalue weighted by Crippen LogP contribution is 2.37. The van der Waals surface area contributed by atoms with Crippen molar-refractivity contribution in [3.8, 4) is 0 Å². The van der Waals surface area contributed by atoms with Crippen LogP contribution >= 0.6 is 0 Å². The number of hydrogen-bond acceptors (Lipinski definition) is 6. The normalized spacial score (nSPS) is 12.2. The molecule has 0 bridgehead atoms. The van der Waals surface area contributed by atoms with E-state index >= 15 is 0 Å². The third kappa shape index (κ3) is 5.20. The Morgan fingerprint density at radius 2 is 1.36 bits per heavy atom. The average molecular weight is 516 g/mol. The Morgan fingerprint density at radius 3 is 1.85 bits per heavy atom. The van der Waals surface area contributed by atoms with Gasteiger partial charge in [0.2, 0.25) is 0 Å². The van der Waals surface area contributed by atoms with Gasteiger partial charge in [-0.25, -0.2) is 0 Å². The zero-order chi connectivity index (χ0) is 27.2. The average Bonchev–Trinajstić information content (AvgIpc) is 3.00. The molecule has 0 spiro atoms. The molecule has 0 unspecified atom stereocenters. The van der Waals surface area contributed by atoms with Crippen molar-refractivity contribution in [3.05, 3.63) is 144 Å². The van der Waals surface area contributed by atoms with E-state index < -0.39 is 24.7 Å². The van der Waals surface area contributed by atoms with E-state index in [-0.39, 0.29) is 6.42 Å². The lowest BCUT2D eigenvalue weighted by atomic mass is 9.75. The molecule has 7 heteroatoms. The Kier molecular flexibility index (Phi) is 7.84. The molecule has 39 heavy (non-hydrogen) atoms. The number of aromatic nitrogens is 1. The van der Waals surface area contributed by atoms with Gasteiger partial charge in [0.15, 0.2) is 0 Å². The quantitative estimate of drug-likeness (QED) is 0.158. The van der Waals surface area contributed by atoms with Crippen LogP contribution in [0.5, 0.6) is 0 Å². The van der Waals surface area contributed by atoms with Gasteiger partial charge in [0.1, 0.15) is 6.04 Å². The first-order chi connectivity index (χ1) is 19.0. The highest BCUT2D eigenvalue weighted by Gasteiger charge is 2.40. The van der Waals surface area contributed by atoms with Crippen LogP contribution in [0.2, 0.25) is 0 Å². The smallest absolute Gasteiger partial charge is 0.468 e. The number of pyridine rings is 1. The molecule has 1 heterocycles. The number of carbonyl (C=O) groups is 1. The highest BCUT2D eigenvalue weighted by atomic mass is 16.5. The first kappa shape index (κ1) is 26.3. The van der Waals surface area contributed by atoms with Crippen LogP contribution in [0.25, 0.3) is 10.9 Å². The van der Waals surface area contributed by atoms with E-state index in [1.807, 2.05) is 66.7 Å². The lowest BCUT2D eigenvalue weighted by molar-refractivity contribution is -0.143. The number of nitrogens with zero attached hydrogens (tertiary/aromatic N) is 1. The maximum atomic E-state index is 13.4. The number of fused-ring (bicyclic) bond motifs is 1. The summed E-state index contributed by atoms with van der Waals surface area (Å²) in [5.74, 6) is -0.412. The summed E-state index contributed by atoms with van der Waals surface area (Å²) in [7, 11) is -0.273. The summed E-state index contributed by atoms with van der Waals surface area (Å²) in [6.07, 6.45) is 1.89. The molecule has 1 aromatic heterocycles. The monoisotopic (exact) mass is 516 g/mol. The Labute approximate surface area is 228 Å². The lowest BCUT2D eigenvalue weighted by Crippen LogP contribution is -2.53. The Hall–Kier alpha value is -4.30. The number of hydrogen-bond donors (Lipinski definition) is 3. The van der Waals surface area contributed by atoms with Crippen LogP contribution in [0.15, 0.2) is 121 Å². The van der Waals surface area contributed by atoms with Gasteiger partial charge in [0.05, 0.1) is 18.2 Å². The molecular weight excluding hydrogens is 487 g/mol. The maximum Gasteiger partial charge on any atom is 0.490 e. The van der Waals surface area contributed by atoms with E-state index in [0.717, 1.165) is 27.6 Å². The van der Waals surface area contributed by atoms with Gasteiger partial charge in [-0.1, -0.05) is 109 Å². The standard InChI is InChI=1S/C32H29BN2O4/c1-39-31(36)29(22-23-19-20-28(33(37)38)30-27(23)18-11-21-34-30)35-32(24-12-5-2-6-13-24,25-14-7-3-8-15-25)26-16-9-4-10-17-26/h2-21,29,35,37-38H,22H2,1H3/t29-/m0/s1. The molecule has 0 amide bonds. The summed E-state index contributed by atoms with van der Waals surface area (Å²) in [6, 6.07) is 36.5. The molecule has 0 saturated heterocycles. The minimum absolute atomic E-state index is 0.283. The summed E-state index contributed by atoms with van der Waals surface area (Å²) >= 11 is 0. The highest BCUT2D eigenvalue weighted by molar-refractivity contribution is 6.61. The molecule has 0 saturated carbocycles. The third-order valence-electron chi connectivity index (χ3n) is 7.09. The fraction of sp³-hybridized carbons (Fsp3) is 0.125. The van der Waals surface area contributed by atoms with E-state index in [4.69, 9.17) is 4.74 Å². The van der Waals surface area contributed by atoms with Gasteiger partial charge >= 0.3 is 13.1 Å². The molecule has 5 rings (SSSR count). The van der Waals surface area contributed by atoms with Crippen molar-refractivity contribution in [2.45, 2.75) is 18.0 Å². The maximum absolute atomic E-state index is 13.4. The summed E-state index contributed by atoms with van der Waals surface area (Å²) in [4.78, 5) is 17.8. The Morgan fingerprint density at radius 1 is 0.821 bits per heavy atom. The molecule has 1 atom stereocenters. The van der Waals surface area contributed by atoms with Gasteiger partial charge in [-0.15, -0.1) is 0 Å². The van der Waals surface area contributed by atoms with E-state index in [0.29, 0.717) is 11.0 Å². The number of carbonyl (C=O) groups excluding carboxylic acids is 1. The molecule has 194 valence electrons. The number of benzene rings is 4. The number of rotatable bonds is 9. The topological polar surface area (TPSA) is 91.7 Å². The zero-order valence-corrected chi connectivity index (χ0v) is 21.6. The van der Waals surface area contributed by atoms with Crippen molar-refractivity contribution in [1.82, 2.24) is 10.3 Å². The van der Waals surface area contributed by atoms with Crippen molar-refractivity contribution >= 4 is 29.5 Å². The molecule has 6 nitrogen and oxygen atoms in total. The number of ether oxygens (including phenoxy) is 1. The molecule has 0 aliphatic rings. The van der Waals surface area contributed by atoms with Crippen molar-refractivity contribution in [3.63, 3.8) is 0 Å². The van der Waals surface area contributed by atoms with Gasteiger partial charge in [0, 0.05) is 17.0 Å². The fourth-order valence-electron chi connectivity index (χ4n) is 5.27. The van der Waals surface area contributed by atoms with Crippen molar-refractivity contribution in [2.24, 2.45) is 0 Å². The molecule has 3 N–H and O–H groups in total. The van der Waals surface area contributed by atoms with Crippen LogP contribution < -0.4 is 10.8 Å². The van der Waals surface area contributed by atoms with Crippen LogP contribution in [0.1, 0.15) is 22.3 Å². The molecule has 0 radical (unpaired) electrons. The molecule has 0 fully saturated rings. The number of methoxy groups -OCH3 is 1. The van der Waals surface area contributed by atoms with Gasteiger partial charge in [-0.3, -0.25) is 15.1 Å². The van der Waals surface area contributed by atoms with Crippen LogP contribution in [0.4, 0.5) is 0 Å². The largest absolute Gasteiger partial charge is 0.490 e. The summed E-state index contributed by atoms with van der Waals surface area (Å²) < 4.78 is 5.32. The van der Waals surface area contributed by atoms with Gasteiger partial charge in [-0.2, -0.15) is 0 Å². The second-order valence-corrected chi connectivity index (χ2v) is 9.36. The van der Waals surface area contributed by atoms with Crippen LogP contribution in [0, 0.1) is 0 Å². The molecule has 0 aliphatic carbocycles. The van der Waals surface area contributed by atoms with Crippen molar-refractivity contribution in [2.75, 3.05) is 7.11 Å². The lowest BCUT2D eigenvalue weighted by Gasteiger charge is -2.39. The minimum atomic E-state index is -1.66. The molecular formula is C32H29BN2O4. The van der Waals surface area contributed by atoms with Crippen LogP contribution in [-0.2, 0) is 21.5 Å². The van der Waals surface area contributed by atoms with Gasteiger partial charge < -0.3 is 14.8 Å². The van der Waals surface area contributed by atoms with E-state index in [9.17, 15) is 14.8 Å². The third-order valence-corrected chi connectivity index (χ3v) is 7.09. The Bertz CT molecular complexity index is 1450. The van der Waals surface area contributed by atoms with Crippen molar-refractivity contribution < 1.29 is 19.6 Å². The number of nitrogens with one attached hydrogen (secondary N) is 1. The summed E-state index contributed by atoms with van der Waals surface area (Å²) in [5, 5.41) is 24.2. The molecule has 4 aromatic carbocycles. The minimum Gasteiger partial charge on any atom is -0.468 e. The van der Waals surface area contributed by atoms with Crippen molar-refractivity contribution in [1.29, 1.82) is 0 Å². The van der Waals surface area contributed by atoms with Crippen LogP contribution in [0.3, 0.4) is 0 Å². The van der Waals surface area contributed by atoms with E-state index in [1.54, 1.807) is 18.3 Å². The molecule has 0 aliphatic heterocycles. The Balaban J connectivity index is 1.69. The van der Waals surface area contributed by atoms with Crippen LogP contribution in [-0.4, -0.2) is 41.3 Å².